The monoisotopic (exact) mass is 251 g/mol. The highest BCUT2D eigenvalue weighted by atomic mass is 16.5. The largest absolute Gasteiger partial charge is 0.397 e. The fourth-order valence-corrected chi connectivity index (χ4v) is 1.49. The highest BCUT2D eigenvalue weighted by Crippen LogP contribution is 2.19. The highest BCUT2D eigenvalue weighted by Gasteiger charge is 2.19. The van der Waals surface area contributed by atoms with Gasteiger partial charge in [-0.3, -0.25) is 9.78 Å². The van der Waals surface area contributed by atoms with E-state index in [1.54, 1.807) is 19.4 Å². The van der Waals surface area contributed by atoms with Gasteiger partial charge in [-0.1, -0.05) is 13.8 Å². The molecular weight excluding hydrogens is 230 g/mol. The van der Waals surface area contributed by atoms with Gasteiger partial charge in [0.25, 0.3) is 5.91 Å². The number of aromatic nitrogens is 1. The average molecular weight is 251 g/mol. The summed E-state index contributed by atoms with van der Waals surface area (Å²) in [6, 6.07) is 1.62. The van der Waals surface area contributed by atoms with Gasteiger partial charge in [0.15, 0.2) is 0 Å². The number of amides is 1. The zero-order chi connectivity index (χ0) is 13.6. The minimum atomic E-state index is -0.166. The fraction of sp³-hybridized carbons (Fsp3) is 0.538. The Morgan fingerprint density at radius 3 is 2.89 bits per heavy atom. The zero-order valence-electron chi connectivity index (χ0n) is 11.2. The van der Waals surface area contributed by atoms with E-state index in [1.807, 2.05) is 0 Å². The van der Waals surface area contributed by atoms with Crippen molar-refractivity contribution in [3.63, 3.8) is 0 Å². The van der Waals surface area contributed by atoms with E-state index in [1.165, 1.54) is 6.20 Å². The predicted octanol–water partition coefficient (Wildman–Crippen LogP) is 1.46. The second-order valence-corrected chi connectivity index (χ2v) is 5.05. The van der Waals surface area contributed by atoms with E-state index >= 15 is 0 Å². The van der Waals surface area contributed by atoms with E-state index in [-0.39, 0.29) is 11.3 Å². The molecule has 100 valence electrons. The Morgan fingerprint density at radius 2 is 2.28 bits per heavy atom. The standard InChI is InChI=1S/C13H21N3O2/c1-13(2,5-7-18-3)9-16-12(17)10-4-6-15-8-11(10)14/h4,6,8H,5,7,9,14H2,1-3H3,(H,16,17). The number of nitrogen functional groups attached to an aromatic ring is 1. The van der Waals surface area contributed by atoms with E-state index < -0.39 is 0 Å². The van der Waals surface area contributed by atoms with E-state index in [0.717, 1.165) is 6.42 Å². The van der Waals surface area contributed by atoms with Gasteiger partial charge in [-0.25, -0.2) is 0 Å². The zero-order valence-corrected chi connectivity index (χ0v) is 11.2. The lowest BCUT2D eigenvalue weighted by Crippen LogP contribution is -2.35. The summed E-state index contributed by atoms with van der Waals surface area (Å²) in [5.41, 5.74) is 6.55. The Balaban J connectivity index is 2.54. The third-order valence-corrected chi connectivity index (χ3v) is 2.81. The van der Waals surface area contributed by atoms with Gasteiger partial charge < -0.3 is 15.8 Å². The van der Waals surface area contributed by atoms with Gasteiger partial charge in [0.1, 0.15) is 0 Å². The molecule has 0 radical (unpaired) electrons. The maximum absolute atomic E-state index is 11.9. The number of hydrogen-bond acceptors (Lipinski definition) is 4. The number of hydrogen-bond donors (Lipinski definition) is 2. The normalized spacial score (nSPS) is 11.3. The highest BCUT2D eigenvalue weighted by molar-refractivity contribution is 5.98. The second-order valence-electron chi connectivity index (χ2n) is 5.05. The van der Waals surface area contributed by atoms with Crippen LogP contribution in [-0.2, 0) is 4.74 Å². The maximum atomic E-state index is 11.9. The maximum Gasteiger partial charge on any atom is 0.253 e. The van der Waals surface area contributed by atoms with Crippen LogP contribution in [0.15, 0.2) is 18.5 Å². The molecule has 0 spiro atoms. The smallest absolute Gasteiger partial charge is 0.253 e. The molecular formula is C13H21N3O2. The number of nitrogens with one attached hydrogen (secondary N) is 1. The summed E-state index contributed by atoms with van der Waals surface area (Å²) in [4.78, 5) is 15.8. The summed E-state index contributed by atoms with van der Waals surface area (Å²) in [7, 11) is 1.67. The topological polar surface area (TPSA) is 77.2 Å². The average Bonchev–Trinajstić information content (AvgIpc) is 2.34. The van der Waals surface area contributed by atoms with Gasteiger partial charge in [-0.15, -0.1) is 0 Å². The number of methoxy groups -OCH3 is 1. The van der Waals surface area contributed by atoms with E-state index in [9.17, 15) is 4.79 Å². The molecule has 1 heterocycles. The first kappa shape index (κ1) is 14.4. The number of rotatable bonds is 6. The molecule has 1 rings (SSSR count). The van der Waals surface area contributed by atoms with Crippen LogP contribution in [-0.4, -0.2) is 31.2 Å². The molecule has 0 bridgehead atoms. The van der Waals surface area contributed by atoms with E-state index in [0.29, 0.717) is 24.4 Å². The van der Waals surface area contributed by atoms with Crippen molar-refractivity contribution in [3.05, 3.63) is 24.0 Å². The molecule has 1 aromatic heterocycles. The van der Waals surface area contributed by atoms with Gasteiger partial charge in [0.05, 0.1) is 17.4 Å². The third kappa shape index (κ3) is 4.33. The minimum absolute atomic E-state index is 0.00649. The molecule has 0 unspecified atom stereocenters. The van der Waals surface area contributed by atoms with Crippen LogP contribution in [0.4, 0.5) is 5.69 Å². The molecule has 18 heavy (non-hydrogen) atoms. The number of carbonyl (C=O) groups is 1. The lowest BCUT2D eigenvalue weighted by atomic mass is 9.89. The summed E-state index contributed by atoms with van der Waals surface area (Å²) in [5.74, 6) is -0.166. The number of anilines is 1. The first-order valence-corrected chi connectivity index (χ1v) is 5.93. The SMILES string of the molecule is COCCC(C)(C)CNC(=O)c1ccncc1N. The van der Waals surface area contributed by atoms with Gasteiger partial charge in [-0.05, 0) is 17.9 Å². The van der Waals surface area contributed by atoms with Crippen LogP contribution in [0.3, 0.4) is 0 Å². The molecule has 0 aliphatic carbocycles. The first-order valence-electron chi connectivity index (χ1n) is 5.93. The second kappa shape index (κ2) is 6.35. The molecule has 0 fully saturated rings. The molecule has 1 aromatic rings. The number of nitrogens with two attached hydrogens (primary N) is 1. The summed E-state index contributed by atoms with van der Waals surface area (Å²) < 4.78 is 5.05. The van der Waals surface area contributed by atoms with Crippen molar-refractivity contribution >= 4 is 11.6 Å². The van der Waals surface area contributed by atoms with Crippen LogP contribution in [0.5, 0.6) is 0 Å². The lowest BCUT2D eigenvalue weighted by molar-refractivity contribution is 0.0921. The van der Waals surface area contributed by atoms with Gasteiger partial charge in [0.2, 0.25) is 0 Å². The summed E-state index contributed by atoms with van der Waals surface area (Å²) in [5, 5.41) is 2.89. The Kier molecular flexibility index (Phi) is 5.09. The molecule has 5 nitrogen and oxygen atoms in total. The number of ether oxygens (including phenoxy) is 1. The van der Waals surface area contributed by atoms with Crippen molar-refractivity contribution in [1.82, 2.24) is 10.3 Å². The van der Waals surface area contributed by atoms with E-state index in [4.69, 9.17) is 10.5 Å². The van der Waals surface area contributed by atoms with Crippen molar-refractivity contribution in [2.75, 3.05) is 26.0 Å². The molecule has 0 saturated heterocycles. The summed E-state index contributed by atoms with van der Waals surface area (Å²) >= 11 is 0. The van der Waals surface area contributed by atoms with Gasteiger partial charge >= 0.3 is 0 Å². The molecule has 0 aliphatic heterocycles. The van der Waals surface area contributed by atoms with Crippen LogP contribution in [0.25, 0.3) is 0 Å². The third-order valence-electron chi connectivity index (χ3n) is 2.81. The van der Waals surface area contributed by atoms with Gasteiger partial charge in [-0.2, -0.15) is 0 Å². The van der Waals surface area contributed by atoms with Crippen LogP contribution in [0, 0.1) is 5.41 Å². The van der Waals surface area contributed by atoms with Crippen LogP contribution < -0.4 is 11.1 Å². The molecule has 0 saturated carbocycles. The fourth-order valence-electron chi connectivity index (χ4n) is 1.49. The lowest BCUT2D eigenvalue weighted by Gasteiger charge is -2.24. The number of carbonyl (C=O) groups excluding carboxylic acids is 1. The van der Waals surface area contributed by atoms with Crippen LogP contribution in [0.2, 0.25) is 0 Å². The van der Waals surface area contributed by atoms with Crippen LogP contribution >= 0.6 is 0 Å². The van der Waals surface area contributed by atoms with Gasteiger partial charge in [0, 0.05) is 26.5 Å². The Hall–Kier alpha value is -1.62. The quantitative estimate of drug-likeness (QED) is 0.802. The van der Waals surface area contributed by atoms with Crippen molar-refractivity contribution in [3.8, 4) is 0 Å². The van der Waals surface area contributed by atoms with Crippen molar-refractivity contribution < 1.29 is 9.53 Å². The molecule has 3 N–H and O–H groups in total. The van der Waals surface area contributed by atoms with Crippen LogP contribution in [0.1, 0.15) is 30.6 Å². The Labute approximate surface area is 108 Å². The summed E-state index contributed by atoms with van der Waals surface area (Å²) in [6.07, 6.45) is 3.92. The Morgan fingerprint density at radius 1 is 1.56 bits per heavy atom. The Bertz CT molecular complexity index is 405. The molecule has 5 heteroatoms. The number of nitrogens with zero attached hydrogens (tertiary/aromatic N) is 1. The summed E-state index contributed by atoms with van der Waals surface area (Å²) in [6.45, 7) is 5.43. The predicted molar refractivity (Wildman–Crippen MR) is 71.3 cm³/mol. The van der Waals surface area contributed by atoms with Crippen molar-refractivity contribution in [2.45, 2.75) is 20.3 Å². The van der Waals surface area contributed by atoms with Crippen molar-refractivity contribution in [2.24, 2.45) is 5.41 Å². The van der Waals surface area contributed by atoms with Crippen molar-refractivity contribution in [1.29, 1.82) is 0 Å². The molecule has 0 atom stereocenters. The molecule has 0 aromatic carbocycles. The molecule has 0 aliphatic rings. The van der Waals surface area contributed by atoms with E-state index in [2.05, 4.69) is 24.1 Å². The first-order chi connectivity index (χ1) is 8.46. The minimum Gasteiger partial charge on any atom is -0.397 e. The molecule has 1 amide bonds. The number of pyridine rings is 1.